The zero-order chi connectivity index (χ0) is 15.5. The quantitative estimate of drug-likeness (QED) is 0.831. The summed E-state index contributed by atoms with van der Waals surface area (Å²) in [6, 6.07) is 0.106. The predicted molar refractivity (Wildman–Crippen MR) is 92.3 cm³/mol. The van der Waals surface area contributed by atoms with Crippen molar-refractivity contribution in [1.29, 1.82) is 0 Å². The maximum absolute atomic E-state index is 12.9. The summed E-state index contributed by atoms with van der Waals surface area (Å²) in [6.07, 6.45) is 8.11. The zero-order valence-electron chi connectivity index (χ0n) is 13.9. The van der Waals surface area contributed by atoms with E-state index >= 15 is 0 Å². The van der Waals surface area contributed by atoms with Gasteiger partial charge in [-0.05, 0) is 38.5 Å². The number of piperidine rings is 1. The number of likely N-dealkylation sites (tertiary alicyclic amines) is 2. The van der Waals surface area contributed by atoms with Crippen LogP contribution in [0.2, 0.25) is 0 Å². The van der Waals surface area contributed by atoms with Crippen molar-refractivity contribution in [3.8, 4) is 0 Å². The molecule has 23 heavy (non-hydrogen) atoms. The van der Waals surface area contributed by atoms with Gasteiger partial charge in [0.25, 0.3) is 0 Å². The Labute approximate surface area is 145 Å². The van der Waals surface area contributed by atoms with E-state index in [1.807, 2.05) is 9.80 Å². The second-order valence-electron chi connectivity index (χ2n) is 7.22. The predicted octanol–water partition coefficient (Wildman–Crippen LogP) is 1.79. The Morgan fingerprint density at radius 3 is 1.83 bits per heavy atom. The molecular weight excluding hydrogens is 314 g/mol. The Hall–Kier alpha value is -0.810. The lowest BCUT2D eigenvalue weighted by molar-refractivity contribution is -0.148. The van der Waals surface area contributed by atoms with Crippen molar-refractivity contribution in [1.82, 2.24) is 9.80 Å². The van der Waals surface area contributed by atoms with Crippen molar-refractivity contribution in [2.75, 3.05) is 26.2 Å². The number of hydrogen-bond acceptors (Lipinski definition) is 3. The van der Waals surface area contributed by atoms with Gasteiger partial charge in [-0.15, -0.1) is 12.4 Å². The van der Waals surface area contributed by atoms with E-state index in [0.29, 0.717) is 6.54 Å². The minimum Gasteiger partial charge on any atom is -0.342 e. The molecule has 2 aliphatic heterocycles. The van der Waals surface area contributed by atoms with Gasteiger partial charge < -0.3 is 15.5 Å². The largest absolute Gasteiger partial charge is 0.342 e. The molecule has 5 nitrogen and oxygen atoms in total. The first kappa shape index (κ1) is 18.5. The van der Waals surface area contributed by atoms with E-state index in [1.165, 1.54) is 0 Å². The van der Waals surface area contributed by atoms with Crippen LogP contribution in [0.15, 0.2) is 0 Å². The summed E-state index contributed by atoms with van der Waals surface area (Å²) in [5.41, 5.74) is 6.02. The van der Waals surface area contributed by atoms with Crippen LogP contribution in [-0.4, -0.2) is 53.8 Å². The number of rotatable bonds is 2. The van der Waals surface area contributed by atoms with Crippen LogP contribution in [0.1, 0.15) is 51.4 Å². The number of carbonyl (C=O) groups excluding carboxylic acids is 2. The monoisotopic (exact) mass is 343 g/mol. The van der Waals surface area contributed by atoms with E-state index in [0.717, 1.165) is 71.0 Å². The van der Waals surface area contributed by atoms with Crippen molar-refractivity contribution in [3.05, 3.63) is 0 Å². The highest BCUT2D eigenvalue weighted by Gasteiger charge is 2.40. The summed E-state index contributed by atoms with van der Waals surface area (Å²) in [7, 11) is 0. The zero-order valence-corrected chi connectivity index (χ0v) is 14.7. The molecule has 0 spiro atoms. The van der Waals surface area contributed by atoms with Gasteiger partial charge >= 0.3 is 0 Å². The van der Waals surface area contributed by atoms with Gasteiger partial charge in [0.2, 0.25) is 11.8 Å². The fourth-order valence-electron chi connectivity index (χ4n) is 4.34. The summed E-state index contributed by atoms with van der Waals surface area (Å²) in [6.45, 7) is 3.24. The first-order valence-electron chi connectivity index (χ1n) is 9.00. The van der Waals surface area contributed by atoms with Gasteiger partial charge in [0.15, 0.2) is 0 Å². The maximum atomic E-state index is 12.9. The number of halogens is 1. The maximum Gasteiger partial charge on any atom is 0.226 e. The minimum atomic E-state index is -0.104. The molecule has 3 fully saturated rings. The first-order valence-corrected chi connectivity index (χ1v) is 9.00. The van der Waals surface area contributed by atoms with Crippen LogP contribution in [0.3, 0.4) is 0 Å². The molecule has 3 unspecified atom stereocenters. The van der Waals surface area contributed by atoms with E-state index < -0.39 is 0 Å². The molecule has 0 aromatic rings. The molecule has 2 saturated heterocycles. The van der Waals surface area contributed by atoms with Crippen molar-refractivity contribution in [2.24, 2.45) is 17.6 Å². The normalized spacial score (nSPS) is 31.6. The average molecular weight is 344 g/mol. The summed E-state index contributed by atoms with van der Waals surface area (Å²) in [5, 5.41) is 0. The lowest BCUT2D eigenvalue weighted by Gasteiger charge is -2.38. The van der Waals surface area contributed by atoms with Crippen LogP contribution < -0.4 is 5.73 Å². The molecule has 2 amide bonds. The third-order valence-corrected chi connectivity index (χ3v) is 5.59. The Kier molecular flexibility index (Phi) is 6.72. The second-order valence-corrected chi connectivity index (χ2v) is 7.22. The molecule has 3 aliphatic rings. The molecule has 0 radical (unpaired) electrons. The summed E-state index contributed by atoms with van der Waals surface area (Å²) < 4.78 is 0. The standard InChI is InChI=1S/C17H29N3O2.ClH/c18-13-6-5-11-20(12-13)17(22)15-8-2-1-7-14(15)16(21)19-9-3-4-10-19;/h13-15H,1-12,18H2;1H. The molecule has 0 bridgehead atoms. The van der Waals surface area contributed by atoms with Crippen LogP contribution in [-0.2, 0) is 9.59 Å². The highest BCUT2D eigenvalue weighted by molar-refractivity contribution is 5.88. The molecule has 2 heterocycles. The first-order chi connectivity index (χ1) is 10.7. The summed E-state index contributed by atoms with van der Waals surface area (Å²) in [4.78, 5) is 29.6. The molecule has 0 aromatic heterocycles. The fourth-order valence-corrected chi connectivity index (χ4v) is 4.34. The van der Waals surface area contributed by atoms with Crippen LogP contribution >= 0.6 is 12.4 Å². The Balaban J connectivity index is 0.00000192. The van der Waals surface area contributed by atoms with E-state index in [2.05, 4.69) is 0 Å². The van der Waals surface area contributed by atoms with Gasteiger partial charge in [-0.25, -0.2) is 0 Å². The second kappa shape index (κ2) is 8.34. The van der Waals surface area contributed by atoms with Gasteiger partial charge in [0, 0.05) is 44.1 Å². The van der Waals surface area contributed by atoms with E-state index in [9.17, 15) is 9.59 Å². The molecule has 0 aromatic carbocycles. The number of nitrogens with two attached hydrogens (primary N) is 1. The minimum absolute atomic E-state index is 0. The molecule has 1 saturated carbocycles. The van der Waals surface area contributed by atoms with Gasteiger partial charge in [-0.3, -0.25) is 9.59 Å². The lowest BCUT2D eigenvalue weighted by Crippen LogP contribution is -2.51. The van der Waals surface area contributed by atoms with Crippen LogP contribution in [0.4, 0.5) is 0 Å². The number of amides is 2. The van der Waals surface area contributed by atoms with Crippen LogP contribution in [0.25, 0.3) is 0 Å². The molecule has 1 aliphatic carbocycles. The summed E-state index contributed by atoms with van der Waals surface area (Å²) >= 11 is 0. The Morgan fingerprint density at radius 2 is 1.26 bits per heavy atom. The number of carbonyl (C=O) groups is 2. The molecule has 3 atom stereocenters. The van der Waals surface area contributed by atoms with Gasteiger partial charge in [0.05, 0.1) is 0 Å². The Morgan fingerprint density at radius 1 is 0.739 bits per heavy atom. The molecule has 6 heteroatoms. The van der Waals surface area contributed by atoms with Gasteiger partial charge in [0.1, 0.15) is 0 Å². The third kappa shape index (κ3) is 4.18. The van der Waals surface area contributed by atoms with Crippen LogP contribution in [0, 0.1) is 11.8 Å². The number of hydrogen-bond donors (Lipinski definition) is 1. The molecule has 2 N–H and O–H groups in total. The van der Waals surface area contributed by atoms with Crippen molar-refractivity contribution in [3.63, 3.8) is 0 Å². The SMILES string of the molecule is Cl.NC1CCCN(C(=O)C2CCCCC2C(=O)N2CCCC2)C1. The van der Waals surface area contributed by atoms with E-state index in [-0.39, 0.29) is 42.1 Å². The highest BCUT2D eigenvalue weighted by atomic mass is 35.5. The third-order valence-electron chi connectivity index (χ3n) is 5.59. The lowest BCUT2D eigenvalue weighted by atomic mass is 9.77. The van der Waals surface area contributed by atoms with Crippen molar-refractivity contribution < 1.29 is 9.59 Å². The summed E-state index contributed by atoms with van der Waals surface area (Å²) in [5.74, 6) is 0.230. The fraction of sp³-hybridized carbons (Fsp3) is 0.882. The smallest absolute Gasteiger partial charge is 0.226 e. The molecule has 3 rings (SSSR count). The van der Waals surface area contributed by atoms with Crippen molar-refractivity contribution >= 4 is 24.2 Å². The van der Waals surface area contributed by atoms with Crippen molar-refractivity contribution in [2.45, 2.75) is 57.4 Å². The average Bonchev–Trinajstić information content (AvgIpc) is 3.08. The highest BCUT2D eigenvalue weighted by Crippen LogP contribution is 2.34. The van der Waals surface area contributed by atoms with Gasteiger partial charge in [-0.2, -0.15) is 0 Å². The topological polar surface area (TPSA) is 66.6 Å². The van der Waals surface area contributed by atoms with E-state index in [1.54, 1.807) is 0 Å². The molecular formula is C17H30ClN3O2. The Bertz CT molecular complexity index is 426. The van der Waals surface area contributed by atoms with Crippen LogP contribution in [0.5, 0.6) is 0 Å². The molecule has 132 valence electrons. The number of nitrogens with zero attached hydrogens (tertiary/aromatic N) is 2. The van der Waals surface area contributed by atoms with E-state index in [4.69, 9.17) is 5.73 Å². The van der Waals surface area contributed by atoms with Gasteiger partial charge in [-0.1, -0.05) is 12.8 Å².